The molecule has 0 spiro atoms. The minimum absolute atomic E-state index is 0.0522. The van der Waals surface area contributed by atoms with Gasteiger partial charge in [0.15, 0.2) is 6.61 Å². The molecule has 1 aliphatic rings. The number of hydrogen-bond acceptors (Lipinski definition) is 7. The van der Waals surface area contributed by atoms with Crippen molar-refractivity contribution in [1.82, 2.24) is 15.2 Å². The Morgan fingerprint density at radius 1 is 1.03 bits per heavy atom. The number of hydrogen-bond donors (Lipinski definition) is 0. The molecule has 0 N–H and O–H groups in total. The molecule has 6 rings (SSSR count). The van der Waals surface area contributed by atoms with Crippen LogP contribution < -0.4 is 0 Å². The summed E-state index contributed by atoms with van der Waals surface area (Å²) in [6, 6.07) is 21.5. The number of carbonyl (C=O) groups is 1. The van der Waals surface area contributed by atoms with Crippen molar-refractivity contribution < 1.29 is 13.9 Å². The van der Waals surface area contributed by atoms with E-state index in [2.05, 4.69) is 54.6 Å². The van der Waals surface area contributed by atoms with Gasteiger partial charge in [0.2, 0.25) is 5.89 Å². The summed E-state index contributed by atoms with van der Waals surface area (Å²) >= 11 is 1.70. The number of fused-ring (bicyclic) bond motifs is 2. The second-order valence-corrected chi connectivity index (χ2v) is 11.9. The summed E-state index contributed by atoms with van der Waals surface area (Å²) in [5.74, 6) is 0.578. The molecule has 3 heterocycles. The van der Waals surface area contributed by atoms with Crippen LogP contribution in [-0.4, -0.2) is 21.2 Å². The Morgan fingerprint density at radius 3 is 2.59 bits per heavy atom. The van der Waals surface area contributed by atoms with E-state index in [1.165, 1.54) is 4.88 Å². The van der Waals surface area contributed by atoms with Crippen LogP contribution in [0.5, 0.6) is 0 Å². The average molecular weight is 536 g/mol. The van der Waals surface area contributed by atoms with E-state index in [0.29, 0.717) is 17.4 Å². The summed E-state index contributed by atoms with van der Waals surface area (Å²) in [4.78, 5) is 20.1. The predicted molar refractivity (Wildman–Crippen MR) is 154 cm³/mol. The van der Waals surface area contributed by atoms with Crippen LogP contribution in [0.3, 0.4) is 0 Å². The van der Waals surface area contributed by atoms with Crippen molar-refractivity contribution in [2.45, 2.75) is 40.2 Å². The number of para-hydroxylation sites is 1. The van der Waals surface area contributed by atoms with Gasteiger partial charge < -0.3 is 9.15 Å². The van der Waals surface area contributed by atoms with E-state index in [0.717, 1.165) is 46.1 Å². The van der Waals surface area contributed by atoms with Crippen LogP contribution in [-0.2, 0) is 17.8 Å². The van der Waals surface area contributed by atoms with Gasteiger partial charge >= 0.3 is 5.97 Å². The molecule has 0 radical (unpaired) electrons. The predicted octanol–water partition coefficient (Wildman–Crippen LogP) is 7.85. The molecule has 39 heavy (non-hydrogen) atoms. The Bertz CT molecular complexity index is 1660. The number of benzene rings is 2. The Morgan fingerprint density at radius 2 is 1.82 bits per heavy atom. The molecule has 1 aliphatic carbocycles. The largest absolute Gasteiger partial charge is 0.452 e. The van der Waals surface area contributed by atoms with Crippen molar-refractivity contribution in [3.8, 4) is 11.5 Å². The Balaban J connectivity index is 1.39. The molecule has 5 aromatic rings. The molecule has 1 atom stereocenters. The first-order valence-electron chi connectivity index (χ1n) is 13.1. The van der Waals surface area contributed by atoms with Gasteiger partial charge in [-0.3, -0.25) is 0 Å². The van der Waals surface area contributed by atoms with Gasteiger partial charge in [-0.05, 0) is 71.0 Å². The normalized spacial score (nSPS) is 16.4. The minimum Gasteiger partial charge on any atom is -0.452 e. The van der Waals surface area contributed by atoms with E-state index >= 15 is 0 Å². The van der Waals surface area contributed by atoms with Gasteiger partial charge in [-0.15, -0.1) is 21.5 Å². The van der Waals surface area contributed by atoms with Crippen molar-refractivity contribution in [1.29, 1.82) is 0 Å². The maximum atomic E-state index is 13.8. The molecule has 0 saturated heterocycles. The number of ether oxygens (including phenoxy) is 1. The summed E-state index contributed by atoms with van der Waals surface area (Å²) in [5, 5.41) is 11.1. The van der Waals surface area contributed by atoms with Crippen molar-refractivity contribution in [3.63, 3.8) is 0 Å². The van der Waals surface area contributed by atoms with Crippen LogP contribution in [0.4, 0.5) is 0 Å². The number of esters is 1. The molecule has 6 nitrogen and oxygen atoms in total. The SMILES string of the molecule is CC(C)(C)[C@@H]1C/C(=C\c2cccs2)c2nc3ccccc3c(C(=O)OCc3nnc(-c4ccccc4)o3)c2C1. The summed E-state index contributed by atoms with van der Waals surface area (Å²) in [5.41, 5.74) is 5.21. The van der Waals surface area contributed by atoms with Gasteiger partial charge in [-0.1, -0.05) is 63.2 Å². The highest BCUT2D eigenvalue weighted by Crippen LogP contribution is 2.45. The fourth-order valence-corrected chi connectivity index (χ4v) is 5.80. The molecular formula is C32H29N3O3S. The van der Waals surface area contributed by atoms with E-state index in [-0.39, 0.29) is 17.9 Å². The number of aromatic nitrogens is 3. The third kappa shape index (κ3) is 5.14. The average Bonchev–Trinajstić information content (AvgIpc) is 3.63. The molecule has 2 aromatic carbocycles. The highest BCUT2D eigenvalue weighted by molar-refractivity contribution is 7.10. The molecule has 0 unspecified atom stereocenters. The monoisotopic (exact) mass is 535 g/mol. The van der Waals surface area contributed by atoms with Crippen LogP contribution in [0.2, 0.25) is 0 Å². The smallest absolute Gasteiger partial charge is 0.339 e. The Labute approximate surface area is 231 Å². The van der Waals surface area contributed by atoms with Gasteiger partial charge in [0.05, 0.1) is 16.8 Å². The third-order valence-corrected chi connectivity index (χ3v) is 8.14. The van der Waals surface area contributed by atoms with Gasteiger partial charge in [0, 0.05) is 15.8 Å². The number of allylic oxidation sites excluding steroid dienone is 1. The summed E-state index contributed by atoms with van der Waals surface area (Å²) in [6.07, 6.45) is 3.88. The maximum Gasteiger partial charge on any atom is 0.339 e. The maximum absolute atomic E-state index is 13.8. The van der Waals surface area contributed by atoms with Gasteiger partial charge in [0.1, 0.15) is 0 Å². The quantitative estimate of drug-likeness (QED) is 0.213. The molecular weight excluding hydrogens is 506 g/mol. The zero-order valence-electron chi connectivity index (χ0n) is 22.2. The van der Waals surface area contributed by atoms with E-state index in [4.69, 9.17) is 14.1 Å². The second kappa shape index (κ2) is 10.2. The molecule has 3 aromatic heterocycles. The molecule has 0 saturated carbocycles. The lowest BCUT2D eigenvalue weighted by molar-refractivity contribution is 0.0438. The van der Waals surface area contributed by atoms with E-state index in [1.807, 2.05) is 54.6 Å². The molecule has 0 bridgehead atoms. The first kappa shape index (κ1) is 25.2. The van der Waals surface area contributed by atoms with Gasteiger partial charge in [0.25, 0.3) is 5.89 Å². The van der Waals surface area contributed by atoms with Gasteiger partial charge in [-0.2, -0.15) is 0 Å². The highest BCUT2D eigenvalue weighted by Gasteiger charge is 2.35. The topological polar surface area (TPSA) is 78.1 Å². The summed E-state index contributed by atoms with van der Waals surface area (Å²) < 4.78 is 11.6. The third-order valence-electron chi connectivity index (χ3n) is 7.32. The number of thiophene rings is 1. The first-order valence-corrected chi connectivity index (χ1v) is 14.0. The standard InChI is InChI=1S/C32H29N3O3S/c1-32(2,3)22-16-21(17-23-12-9-15-39-23)29-25(18-22)28(24-13-7-8-14-26(24)33-29)31(36)37-19-27-34-35-30(38-27)20-10-5-4-6-11-20/h4-15,17,22H,16,18-19H2,1-3H3/b21-17+/t22-/m1/s1. The van der Waals surface area contributed by atoms with Crippen molar-refractivity contribution in [2.24, 2.45) is 11.3 Å². The lowest BCUT2D eigenvalue weighted by Crippen LogP contribution is -2.28. The van der Waals surface area contributed by atoms with Crippen LogP contribution in [0.1, 0.15) is 59.6 Å². The lowest BCUT2D eigenvalue weighted by atomic mass is 9.69. The fourth-order valence-electron chi connectivity index (χ4n) is 5.12. The van der Waals surface area contributed by atoms with Crippen molar-refractivity contribution in [3.05, 3.63) is 99.7 Å². The Kier molecular flexibility index (Phi) is 6.61. The highest BCUT2D eigenvalue weighted by atomic mass is 32.1. The number of pyridine rings is 1. The van der Waals surface area contributed by atoms with Crippen LogP contribution in [0.25, 0.3) is 34.0 Å². The minimum atomic E-state index is -0.408. The van der Waals surface area contributed by atoms with Crippen molar-refractivity contribution >= 4 is 39.9 Å². The number of carbonyl (C=O) groups excluding carboxylic acids is 1. The number of rotatable bonds is 5. The Hall–Kier alpha value is -4.10. The molecule has 7 heteroatoms. The van der Waals surface area contributed by atoms with Crippen LogP contribution >= 0.6 is 11.3 Å². The first-order chi connectivity index (χ1) is 18.9. The summed E-state index contributed by atoms with van der Waals surface area (Å²) in [6.45, 7) is 6.68. The van der Waals surface area contributed by atoms with Crippen molar-refractivity contribution in [2.75, 3.05) is 0 Å². The zero-order valence-corrected chi connectivity index (χ0v) is 23.0. The zero-order chi connectivity index (χ0) is 27.0. The molecule has 196 valence electrons. The number of nitrogens with zero attached hydrogens (tertiary/aromatic N) is 3. The fraction of sp³-hybridized carbons (Fsp3) is 0.250. The second-order valence-electron chi connectivity index (χ2n) is 10.9. The molecule has 0 fully saturated rings. The molecule has 0 amide bonds. The van der Waals surface area contributed by atoms with Crippen LogP contribution in [0, 0.1) is 11.3 Å². The van der Waals surface area contributed by atoms with Crippen LogP contribution in [0.15, 0.2) is 76.5 Å². The van der Waals surface area contributed by atoms with Gasteiger partial charge in [-0.25, -0.2) is 9.78 Å². The van der Waals surface area contributed by atoms with E-state index < -0.39 is 5.97 Å². The molecule has 0 aliphatic heterocycles. The lowest BCUT2D eigenvalue weighted by Gasteiger charge is -2.36. The van der Waals surface area contributed by atoms with E-state index in [1.54, 1.807) is 11.3 Å². The summed E-state index contributed by atoms with van der Waals surface area (Å²) in [7, 11) is 0. The van der Waals surface area contributed by atoms with E-state index in [9.17, 15) is 4.79 Å².